The van der Waals surface area contributed by atoms with E-state index >= 15 is 0 Å². The summed E-state index contributed by atoms with van der Waals surface area (Å²) in [7, 11) is 0. The van der Waals surface area contributed by atoms with Crippen LogP contribution in [0.25, 0.3) is 0 Å². The summed E-state index contributed by atoms with van der Waals surface area (Å²) in [6, 6.07) is 5.15. The molecule has 0 fully saturated rings. The quantitative estimate of drug-likeness (QED) is 0.652. The number of unbranched alkanes of at least 4 members (excludes halogenated alkanes) is 1. The van der Waals surface area contributed by atoms with E-state index in [1.807, 2.05) is 6.07 Å². The summed E-state index contributed by atoms with van der Waals surface area (Å²) in [6.45, 7) is 6.38. The predicted molar refractivity (Wildman–Crippen MR) is 84.7 cm³/mol. The van der Waals surface area contributed by atoms with Crippen molar-refractivity contribution in [2.45, 2.75) is 39.7 Å². The Labute approximate surface area is 126 Å². The maximum Gasteiger partial charge on any atom is 0.236 e. The van der Waals surface area contributed by atoms with Crippen molar-refractivity contribution >= 4 is 11.6 Å². The summed E-state index contributed by atoms with van der Waals surface area (Å²) in [5.41, 5.74) is 6.60. The van der Waals surface area contributed by atoms with E-state index in [9.17, 15) is 9.18 Å². The molecule has 0 heterocycles. The number of halogens is 1. The van der Waals surface area contributed by atoms with Gasteiger partial charge in [-0.25, -0.2) is 4.39 Å². The first-order valence-electron chi connectivity index (χ1n) is 7.60. The Morgan fingerprint density at radius 1 is 1.33 bits per heavy atom. The average molecular weight is 295 g/mol. The molecule has 1 amide bonds. The summed E-state index contributed by atoms with van der Waals surface area (Å²) >= 11 is 0. The van der Waals surface area contributed by atoms with Gasteiger partial charge in [-0.1, -0.05) is 26.3 Å². The van der Waals surface area contributed by atoms with Crippen molar-refractivity contribution in [3.05, 3.63) is 29.6 Å². The van der Waals surface area contributed by atoms with Crippen molar-refractivity contribution in [3.63, 3.8) is 0 Å². The van der Waals surface area contributed by atoms with Crippen LogP contribution in [0.5, 0.6) is 0 Å². The van der Waals surface area contributed by atoms with Crippen molar-refractivity contribution in [1.29, 1.82) is 0 Å². The number of hydrogen-bond acceptors (Lipinski definition) is 3. The number of carbonyl (C=O) groups excluding carboxylic acids is 1. The van der Waals surface area contributed by atoms with Crippen LogP contribution in [0.4, 0.5) is 10.1 Å². The molecule has 1 rings (SSSR count). The van der Waals surface area contributed by atoms with E-state index in [1.165, 1.54) is 6.07 Å². The fraction of sp³-hybridized carbons (Fsp3) is 0.562. The van der Waals surface area contributed by atoms with E-state index in [4.69, 9.17) is 5.73 Å². The van der Waals surface area contributed by atoms with Crippen molar-refractivity contribution in [2.24, 2.45) is 5.73 Å². The van der Waals surface area contributed by atoms with Gasteiger partial charge in [-0.05, 0) is 37.1 Å². The molecule has 0 aliphatic carbocycles. The molecule has 0 unspecified atom stereocenters. The largest absolute Gasteiger partial charge is 0.368 e. The number of nitrogens with one attached hydrogen (secondary N) is 1. The summed E-state index contributed by atoms with van der Waals surface area (Å²) in [5.74, 6) is -0.748. The van der Waals surface area contributed by atoms with E-state index in [1.54, 1.807) is 11.0 Å². The highest BCUT2D eigenvalue weighted by Crippen LogP contribution is 2.21. The molecule has 4 nitrogen and oxygen atoms in total. The van der Waals surface area contributed by atoms with Gasteiger partial charge in [0.2, 0.25) is 5.91 Å². The van der Waals surface area contributed by atoms with Crippen LogP contribution in [0.3, 0.4) is 0 Å². The lowest BCUT2D eigenvalue weighted by Gasteiger charge is -2.24. The number of primary amides is 1. The van der Waals surface area contributed by atoms with Gasteiger partial charge in [-0.3, -0.25) is 4.79 Å². The molecule has 1 aromatic carbocycles. The fourth-order valence-electron chi connectivity index (χ4n) is 2.15. The normalized spacial score (nSPS) is 10.6. The Kier molecular flexibility index (Phi) is 7.75. The molecule has 0 aromatic heterocycles. The van der Waals surface area contributed by atoms with E-state index in [0.717, 1.165) is 31.4 Å². The Hall–Kier alpha value is -1.62. The number of nitrogens with zero attached hydrogens (tertiary/aromatic N) is 1. The highest BCUT2D eigenvalue weighted by Gasteiger charge is 2.13. The minimum atomic E-state index is -0.445. The molecule has 118 valence electrons. The molecular weight excluding hydrogens is 269 g/mol. The van der Waals surface area contributed by atoms with Crippen molar-refractivity contribution in [3.8, 4) is 0 Å². The zero-order chi connectivity index (χ0) is 15.7. The topological polar surface area (TPSA) is 58.4 Å². The predicted octanol–water partition coefficient (Wildman–Crippen LogP) is 2.42. The maximum absolute atomic E-state index is 14.3. The van der Waals surface area contributed by atoms with E-state index < -0.39 is 5.91 Å². The van der Waals surface area contributed by atoms with Crippen molar-refractivity contribution < 1.29 is 9.18 Å². The van der Waals surface area contributed by atoms with Crippen LogP contribution in [-0.4, -0.2) is 25.5 Å². The number of rotatable bonds is 10. The Balaban J connectivity index is 2.80. The molecule has 0 aliphatic heterocycles. The van der Waals surface area contributed by atoms with Gasteiger partial charge in [0.05, 0.1) is 12.2 Å². The van der Waals surface area contributed by atoms with Gasteiger partial charge in [0.1, 0.15) is 5.82 Å². The highest BCUT2D eigenvalue weighted by atomic mass is 19.1. The second-order valence-electron chi connectivity index (χ2n) is 5.20. The van der Waals surface area contributed by atoms with Crippen LogP contribution < -0.4 is 16.0 Å². The molecule has 0 saturated carbocycles. The zero-order valence-corrected chi connectivity index (χ0v) is 13.0. The first-order valence-corrected chi connectivity index (χ1v) is 7.60. The van der Waals surface area contributed by atoms with Crippen LogP contribution in [0.2, 0.25) is 0 Å². The van der Waals surface area contributed by atoms with E-state index in [2.05, 4.69) is 19.2 Å². The lowest BCUT2D eigenvalue weighted by Crippen LogP contribution is -2.35. The Bertz CT molecular complexity index is 451. The third-order valence-electron chi connectivity index (χ3n) is 3.24. The second-order valence-corrected chi connectivity index (χ2v) is 5.20. The molecule has 0 spiro atoms. The molecule has 0 saturated heterocycles. The van der Waals surface area contributed by atoms with Gasteiger partial charge in [-0.15, -0.1) is 0 Å². The van der Waals surface area contributed by atoms with Crippen molar-refractivity contribution in [1.82, 2.24) is 5.32 Å². The van der Waals surface area contributed by atoms with Crippen molar-refractivity contribution in [2.75, 3.05) is 24.5 Å². The Morgan fingerprint density at radius 2 is 2.10 bits per heavy atom. The smallest absolute Gasteiger partial charge is 0.236 e. The van der Waals surface area contributed by atoms with Gasteiger partial charge < -0.3 is 16.0 Å². The summed E-state index contributed by atoms with van der Waals surface area (Å²) in [5, 5.41) is 3.24. The van der Waals surface area contributed by atoms with Gasteiger partial charge in [0.15, 0.2) is 0 Å². The summed E-state index contributed by atoms with van der Waals surface area (Å²) in [4.78, 5) is 12.9. The van der Waals surface area contributed by atoms with Gasteiger partial charge in [0, 0.05) is 13.1 Å². The lowest BCUT2D eigenvalue weighted by molar-refractivity contribution is -0.116. The number of amides is 1. The molecule has 0 aliphatic rings. The molecule has 0 atom stereocenters. The van der Waals surface area contributed by atoms with Gasteiger partial charge in [0.25, 0.3) is 0 Å². The number of carbonyl (C=O) groups is 1. The average Bonchev–Trinajstić information content (AvgIpc) is 2.44. The standard InChI is InChI=1S/C16H26FN3O/c1-3-5-9-20(12-16(18)21)15-7-6-13(10-14(15)17)11-19-8-4-2/h6-7,10,19H,3-5,8-9,11-12H2,1-2H3,(H2,18,21). The molecule has 5 heteroatoms. The van der Waals surface area contributed by atoms with E-state index in [-0.39, 0.29) is 12.4 Å². The molecule has 0 radical (unpaired) electrons. The third-order valence-corrected chi connectivity index (χ3v) is 3.24. The molecular formula is C16H26FN3O. The fourth-order valence-corrected chi connectivity index (χ4v) is 2.15. The number of anilines is 1. The number of benzene rings is 1. The molecule has 21 heavy (non-hydrogen) atoms. The monoisotopic (exact) mass is 295 g/mol. The first-order chi connectivity index (χ1) is 10.1. The molecule has 1 aromatic rings. The number of hydrogen-bond donors (Lipinski definition) is 2. The van der Waals surface area contributed by atoms with Gasteiger partial charge >= 0.3 is 0 Å². The minimum absolute atomic E-state index is 0.0460. The third kappa shape index (κ3) is 6.12. The van der Waals surface area contributed by atoms with Crippen LogP contribution in [0.15, 0.2) is 18.2 Å². The highest BCUT2D eigenvalue weighted by molar-refractivity contribution is 5.79. The number of nitrogens with two attached hydrogens (primary N) is 1. The lowest BCUT2D eigenvalue weighted by atomic mass is 10.1. The van der Waals surface area contributed by atoms with Crippen LogP contribution in [-0.2, 0) is 11.3 Å². The summed E-state index contributed by atoms with van der Waals surface area (Å²) < 4.78 is 14.3. The second kappa shape index (κ2) is 9.34. The Morgan fingerprint density at radius 3 is 2.67 bits per heavy atom. The first kappa shape index (κ1) is 17.4. The van der Waals surface area contributed by atoms with Crippen LogP contribution >= 0.6 is 0 Å². The SMILES string of the molecule is CCCCN(CC(N)=O)c1ccc(CNCCC)cc1F. The summed E-state index contributed by atoms with van der Waals surface area (Å²) in [6.07, 6.45) is 2.92. The van der Waals surface area contributed by atoms with Gasteiger partial charge in [-0.2, -0.15) is 0 Å². The minimum Gasteiger partial charge on any atom is -0.368 e. The molecule has 0 bridgehead atoms. The van der Waals surface area contributed by atoms with E-state index in [0.29, 0.717) is 18.8 Å². The maximum atomic E-state index is 14.3. The molecule has 3 N–H and O–H groups in total. The zero-order valence-electron chi connectivity index (χ0n) is 13.0. The van der Waals surface area contributed by atoms with Crippen LogP contribution in [0.1, 0.15) is 38.7 Å². The van der Waals surface area contributed by atoms with Crippen LogP contribution in [0, 0.1) is 5.82 Å².